The molecule has 0 fully saturated rings. The summed E-state index contributed by atoms with van der Waals surface area (Å²) in [5.41, 5.74) is 2.07. The lowest BCUT2D eigenvalue weighted by atomic mass is 10.2. The molecule has 0 aliphatic heterocycles. The molecule has 0 N–H and O–H groups in total. The van der Waals surface area contributed by atoms with E-state index < -0.39 is 0 Å². The van der Waals surface area contributed by atoms with Crippen LogP contribution in [0.15, 0.2) is 47.2 Å². The summed E-state index contributed by atoms with van der Waals surface area (Å²) < 4.78 is 4.13. The topological polar surface area (TPSA) is 30.2 Å². The fourth-order valence-electron chi connectivity index (χ4n) is 1.65. The molecule has 0 aliphatic rings. The van der Waals surface area contributed by atoms with Gasteiger partial charge in [-0.25, -0.2) is 9.97 Å². The van der Waals surface area contributed by atoms with Gasteiger partial charge in [0.05, 0.1) is 0 Å². The average Bonchev–Trinajstić information content (AvgIpc) is 2.69. The Labute approximate surface area is 120 Å². The maximum Gasteiger partial charge on any atom is 0.235 e. The first kappa shape index (κ1) is 11.2. The summed E-state index contributed by atoms with van der Waals surface area (Å²) in [6, 6.07) is 10.0. The molecule has 2 heterocycles. The Morgan fingerprint density at radius 3 is 2.65 bits per heavy atom. The van der Waals surface area contributed by atoms with E-state index >= 15 is 0 Å². The van der Waals surface area contributed by atoms with Gasteiger partial charge in [-0.05, 0) is 40.8 Å². The van der Waals surface area contributed by atoms with Gasteiger partial charge >= 0.3 is 0 Å². The van der Waals surface area contributed by atoms with E-state index in [4.69, 9.17) is 0 Å². The number of fused-ring (bicyclic) bond motifs is 1. The van der Waals surface area contributed by atoms with Crippen molar-refractivity contribution >= 4 is 44.3 Å². The van der Waals surface area contributed by atoms with E-state index in [1.54, 1.807) is 6.20 Å². The van der Waals surface area contributed by atoms with E-state index in [-0.39, 0.29) is 0 Å². The van der Waals surface area contributed by atoms with Crippen molar-refractivity contribution in [3.05, 3.63) is 50.9 Å². The van der Waals surface area contributed by atoms with Crippen LogP contribution in [0.5, 0.6) is 0 Å². The third-order valence-corrected chi connectivity index (χ3v) is 4.02. The van der Waals surface area contributed by atoms with Gasteiger partial charge in [-0.1, -0.05) is 28.1 Å². The van der Waals surface area contributed by atoms with E-state index in [9.17, 15) is 0 Å². The van der Waals surface area contributed by atoms with Crippen molar-refractivity contribution in [3.63, 3.8) is 0 Å². The minimum absolute atomic E-state index is 0.731. The van der Waals surface area contributed by atoms with Crippen molar-refractivity contribution < 1.29 is 0 Å². The first-order chi connectivity index (χ1) is 8.25. The second-order valence-corrected chi connectivity index (χ2v) is 5.49. The number of halogens is 2. The molecule has 3 nitrogen and oxygen atoms in total. The van der Waals surface area contributed by atoms with E-state index in [1.165, 1.54) is 0 Å². The molecule has 17 heavy (non-hydrogen) atoms. The molecule has 0 bridgehead atoms. The van der Waals surface area contributed by atoms with Gasteiger partial charge in [-0.2, -0.15) is 0 Å². The van der Waals surface area contributed by atoms with Gasteiger partial charge in [0, 0.05) is 22.4 Å². The van der Waals surface area contributed by atoms with Crippen LogP contribution in [0.2, 0.25) is 0 Å². The predicted molar refractivity (Wildman–Crippen MR) is 78.8 cm³/mol. The molecule has 0 atom stereocenters. The molecule has 0 unspecified atom stereocenters. The summed E-state index contributed by atoms with van der Waals surface area (Å²) in [7, 11) is 0. The number of benzene rings is 1. The number of hydrogen-bond acceptors (Lipinski definition) is 2. The Morgan fingerprint density at radius 2 is 1.94 bits per heavy atom. The molecular formula is C12H7BrIN3. The second kappa shape index (κ2) is 4.38. The van der Waals surface area contributed by atoms with Crippen molar-refractivity contribution in [2.45, 2.75) is 0 Å². The Morgan fingerprint density at radius 1 is 1.18 bits per heavy atom. The number of nitrogens with zero attached hydrogens (tertiary/aromatic N) is 3. The third kappa shape index (κ3) is 1.97. The van der Waals surface area contributed by atoms with Gasteiger partial charge < -0.3 is 0 Å². The number of rotatable bonds is 1. The molecule has 0 saturated heterocycles. The van der Waals surface area contributed by atoms with Crippen LogP contribution in [0.1, 0.15) is 0 Å². The number of imidazole rings is 1. The molecule has 3 rings (SSSR count). The van der Waals surface area contributed by atoms with Gasteiger partial charge in [0.25, 0.3) is 0 Å². The molecule has 0 aliphatic carbocycles. The van der Waals surface area contributed by atoms with Crippen LogP contribution in [-0.4, -0.2) is 14.4 Å². The van der Waals surface area contributed by atoms with Crippen LogP contribution in [0.3, 0.4) is 0 Å². The summed E-state index contributed by atoms with van der Waals surface area (Å²) in [6.07, 6.45) is 3.73. The van der Waals surface area contributed by atoms with Crippen molar-refractivity contribution in [2.24, 2.45) is 0 Å². The zero-order valence-electron chi connectivity index (χ0n) is 8.64. The van der Waals surface area contributed by atoms with Crippen molar-refractivity contribution in [1.82, 2.24) is 14.4 Å². The lowest BCUT2D eigenvalue weighted by Gasteiger charge is -1.98. The monoisotopic (exact) mass is 399 g/mol. The van der Waals surface area contributed by atoms with E-state index in [1.807, 2.05) is 40.9 Å². The van der Waals surface area contributed by atoms with Crippen LogP contribution < -0.4 is 0 Å². The predicted octanol–water partition coefficient (Wildman–Crippen LogP) is 3.76. The van der Waals surface area contributed by atoms with Gasteiger partial charge in [-0.15, -0.1) is 0 Å². The molecule has 1 aromatic carbocycles. The highest BCUT2D eigenvalue weighted by atomic mass is 127. The first-order valence-corrected chi connectivity index (χ1v) is 6.87. The molecule has 3 aromatic rings. The van der Waals surface area contributed by atoms with E-state index in [0.717, 1.165) is 25.2 Å². The second-order valence-electron chi connectivity index (χ2n) is 3.55. The molecule has 0 amide bonds. The summed E-state index contributed by atoms with van der Waals surface area (Å²) in [6.45, 7) is 0. The van der Waals surface area contributed by atoms with Crippen LogP contribution in [0.4, 0.5) is 0 Å². The maximum absolute atomic E-state index is 4.54. The Kier molecular flexibility index (Phi) is 2.87. The number of hydrogen-bond donors (Lipinski definition) is 0. The minimum atomic E-state index is 0.731. The maximum atomic E-state index is 4.54. The van der Waals surface area contributed by atoms with E-state index in [0.29, 0.717) is 0 Å². The Hall–Kier alpha value is -0.950. The summed E-state index contributed by atoms with van der Waals surface area (Å²) in [5, 5.41) is 0. The van der Waals surface area contributed by atoms with Crippen LogP contribution in [-0.2, 0) is 0 Å². The average molecular weight is 400 g/mol. The molecule has 0 spiro atoms. The van der Waals surface area contributed by atoms with Gasteiger partial charge in [-0.3, -0.25) is 4.40 Å². The fraction of sp³-hybridized carbons (Fsp3) is 0. The lowest BCUT2D eigenvalue weighted by Crippen LogP contribution is -1.87. The Bertz CT molecular complexity index is 676. The van der Waals surface area contributed by atoms with Crippen molar-refractivity contribution in [1.29, 1.82) is 0 Å². The molecule has 5 heteroatoms. The summed E-state index contributed by atoms with van der Waals surface area (Å²) >= 11 is 5.73. The number of aromatic nitrogens is 3. The fourth-order valence-corrected chi connectivity index (χ4v) is 2.72. The summed E-state index contributed by atoms with van der Waals surface area (Å²) in [4.78, 5) is 8.78. The molecule has 2 aromatic heterocycles. The van der Waals surface area contributed by atoms with Gasteiger partial charge in [0.1, 0.15) is 9.39 Å². The quantitative estimate of drug-likeness (QED) is 0.583. The van der Waals surface area contributed by atoms with Gasteiger partial charge in [0.2, 0.25) is 5.78 Å². The zero-order chi connectivity index (χ0) is 11.8. The van der Waals surface area contributed by atoms with Crippen molar-refractivity contribution in [2.75, 3.05) is 0 Å². The highest BCUT2D eigenvalue weighted by Gasteiger charge is 2.11. The molecule has 0 radical (unpaired) electrons. The van der Waals surface area contributed by atoms with Crippen LogP contribution in [0, 0.1) is 3.70 Å². The SMILES string of the molecule is Brc1ccc(-c2nc3ncccn3c2I)cc1. The van der Waals surface area contributed by atoms with Gasteiger partial charge in [0.15, 0.2) is 0 Å². The van der Waals surface area contributed by atoms with Crippen molar-refractivity contribution in [3.8, 4) is 11.3 Å². The zero-order valence-corrected chi connectivity index (χ0v) is 12.4. The standard InChI is InChI=1S/C12H7BrIN3/c13-9-4-2-8(3-5-9)10-11(14)17-7-1-6-15-12(17)16-10/h1-7H. The smallest absolute Gasteiger partial charge is 0.235 e. The van der Waals surface area contributed by atoms with Crippen LogP contribution >= 0.6 is 38.5 Å². The Balaban J connectivity index is 2.24. The molecule has 0 saturated carbocycles. The minimum Gasteiger partial charge on any atom is -0.278 e. The highest BCUT2D eigenvalue weighted by molar-refractivity contribution is 14.1. The van der Waals surface area contributed by atoms with E-state index in [2.05, 4.69) is 48.5 Å². The largest absolute Gasteiger partial charge is 0.278 e. The lowest BCUT2D eigenvalue weighted by molar-refractivity contribution is 1.09. The first-order valence-electron chi connectivity index (χ1n) is 5.00. The normalized spacial score (nSPS) is 10.9. The highest BCUT2D eigenvalue weighted by Crippen LogP contribution is 2.26. The third-order valence-electron chi connectivity index (χ3n) is 2.46. The molecular weight excluding hydrogens is 393 g/mol. The van der Waals surface area contributed by atoms with Crippen LogP contribution in [0.25, 0.3) is 17.0 Å². The summed E-state index contributed by atoms with van der Waals surface area (Å²) in [5.74, 6) is 0.731. The molecule has 84 valence electrons.